The third kappa shape index (κ3) is 5.19. The summed E-state index contributed by atoms with van der Waals surface area (Å²) in [5, 5.41) is 0. The smallest absolute Gasteiger partial charge is 0.311 e. The number of carbonyl (C=O) groups excluding carboxylic acids is 1. The quantitative estimate of drug-likeness (QED) is 0.600. The molecule has 0 N–H and O–H groups in total. The van der Waals surface area contributed by atoms with Gasteiger partial charge in [0.15, 0.2) is 0 Å². The van der Waals surface area contributed by atoms with E-state index in [2.05, 4.69) is 13.8 Å². The Hall–Kier alpha value is -0.530. The number of esters is 1. The standard InChI is InChI=1S/C13H26O2/c1-6-9-11(10-7-2)15-12(14)13(4,5)8-3/h11H,6-10H2,1-5H3. The second-order valence-electron chi connectivity index (χ2n) is 4.84. The Morgan fingerprint density at radius 1 is 1.13 bits per heavy atom. The predicted molar refractivity (Wildman–Crippen MR) is 63.8 cm³/mol. The summed E-state index contributed by atoms with van der Waals surface area (Å²) in [4.78, 5) is 11.8. The van der Waals surface area contributed by atoms with E-state index in [-0.39, 0.29) is 17.5 Å². The monoisotopic (exact) mass is 214 g/mol. The lowest BCUT2D eigenvalue weighted by atomic mass is 9.90. The van der Waals surface area contributed by atoms with E-state index in [1.807, 2.05) is 20.8 Å². The molecule has 0 aromatic heterocycles. The van der Waals surface area contributed by atoms with Crippen LogP contribution in [0.25, 0.3) is 0 Å². The van der Waals surface area contributed by atoms with Gasteiger partial charge in [-0.05, 0) is 33.1 Å². The van der Waals surface area contributed by atoms with Crippen molar-refractivity contribution in [3.05, 3.63) is 0 Å². The summed E-state index contributed by atoms with van der Waals surface area (Å²) < 4.78 is 5.55. The number of hydrogen-bond acceptors (Lipinski definition) is 2. The molecule has 0 heterocycles. The molecule has 0 aromatic carbocycles. The minimum absolute atomic E-state index is 0.0445. The fourth-order valence-electron chi connectivity index (χ4n) is 1.36. The molecule has 90 valence electrons. The van der Waals surface area contributed by atoms with E-state index in [1.54, 1.807) is 0 Å². The van der Waals surface area contributed by atoms with Crippen LogP contribution in [0, 0.1) is 5.41 Å². The first-order chi connectivity index (χ1) is 6.97. The highest BCUT2D eigenvalue weighted by atomic mass is 16.5. The Kier molecular flexibility index (Phi) is 6.62. The van der Waals surface area contributed by atoms with Crippen molar-refractivity contribution in [3.63, 3.8) is 0 Å². The first kappa shape index (κ1) is 14.5. The summed E-state index contributed by atoms with van der Waals surface area (Å²) in [5.41, 5.74) is -0.334. The molecule has 0 aliphatic carbocycles. The van der Waals surface area contributed by atoms with Gasteiger partial charge in [0.2, 0.25) is 0 Å². The third-order valence-corrected chi connectivity index (χ3v) is 2.93. The molecule has 0 aliphatic heterocycles. The number of carbonyl (C=O) groups is 1. The molecule has 2 nitrogen and oxygen atoms in total. The average Bonchev–Trinajstić information content (AvgIpc) is 2.18. The van der Waals surface area contributed by atoms with Crippen molar-refractivity contribution in [2.45, 2.75) is 72.8 Å². The summed E-state index contributed by atoms with van der Waals surface area (Å²) in [7, 11) is 0. The predicted octanol–water partition coefficient (Wildman–Crippen LogP) is 3.93. The molecule has 0 spiro atoms. The molecule has 0 aliphatic rings. The van der Waals surface area contributed by atoms with Gasteiger partial charge < -0.3 is 4.74 Å². The lowest BCUT2D eigenvalue weighted by molar-refractivity contribution is -0.160. The fourth-order valence-corrected chi connectivity index (χ4v) is 1.36. The van der Waals surface area contributed by atoms with E-state index in [1.165, 1.54) is 0 Å². The van der Waals surface area contributed by atoms with Crippen LogP contribution in [0.5, 0.6) is 0 Å². The molecule has 0 aromatic rings. The van der Waals surface area contributed by atoms with Gasteiger partial charge >= 0.3 is 5.97 Å². The molecular formula is C13H26O2. The first-order valence-electron chi connectivity index (χ1n) is 6.19. The molecule has 0 atom stereocenters. The molecule has 2 heteroatoms. The van der Waals surface area contributed by atoms with Gasteiger partial charge in [-0.2, -0.15) is 0 Å². The Morgan fingerprint density at radius 2 is 1.60 bits per heavy atom. The van der Waals surface area contributed by atoms with Gasteiger partial charge in [0.25, 0.3) is 0 Å². The van der Waals surface area contributed by atoms with Crippen LogP contribution in [0.15, 0.2) is 0 Å². The van der Waals surface area contributed by atoms with Crippen molar-refractivity contribution in [3.8, 4) is 0 Å². The SMILES string of the molecule is CCCC(CCC)OC(=O)C(C)(C)CC. The van der Waals surface area contributed by atoms with E-state index < -0.39 is 0 Å². The molecular weight excluding hydrogens is 188 g/mol. The van der Waals surface area contributed by atoms with Crippen molar-refractivity contribution in [1.29, 1.82) is 0 Å². The summed E-state index contributed by atoms with van der Waals surface area (Å²) in [6, 6.07) is 0. The minimum atomic E-state index is -0.334. The zero-order chi connectivity index (χ0) is 11.9. The van der Waals surface area contributed by atoms with E-state index in [0.29, 0.717) is 0 Å². The lowest BCUT2D eigenvalue weighted by Crippen LogP contribution is -2.30. The summed E-state index contributed by atoms with van der Waals surface area (Å²) in [6.45, 7) is 10.2. The van der Waals surface area contributed by atoms with Crippen molar-refractivity contribution in [1.82, 2.24) is 0 Å². The van der Waals surface area contributed by atoms with Gasteiger partial charge in [-0.3, -0.25) is 4.79 Å². The zero-order valence-corrected chi connectivity index (χ0v) is 10.9. The second-order valence-corrected chi connectivity index (χ2v) is 4.84. The van der Waals surface area contributed by atoms with Gasteiger partial charge in [0.05, 0.1) is 5.41 Å². The van der Waals surface area contributed by atoms with Gasteiger partial charge in [-0.1, -0.05) is 33.6 Å². The minimum Gasteiger partial charge on any atom is -0.462 e. The van der Waals surface area contributed by atoms with Crippen LogP contribution in [-0.2, 0) is 9.53 Å². The van der Waals surface area contributed by atoms with Crippen LogP contribution < -0.4 is 0 Å². The highest BCUT2D eigenvalue weighted by Gasteiger charge is 2.28. The topological polar surface area (TPSA) is 26.3 Å². The van der Waals surface area contributed by atoms with Crippen LogP contribution in [0.3, 0.4) is 0 Å². The Balaban J connectivity index is 4.21. The number of rotatable bonds is 7. The molecule has 0 rings (SSSR count). The zero-order valence-electron chi connectivity index (χ0n) is 10.9. The highest BCUT2D eigenvalue weighted by Crippen LogP contribution is 2.23. The number of ether oxygens (including phenoxy) is 1. The molecule has 0 amide bonds. The molecule has 0 saturated carbocycles. The van der Waals surface area contributed by atoms with Crippen LogP contribution in [-0.4, -0.2) is 12.1 Å². The van der Waals surface area contributed by atoms with Gasteiger partial charge in [-0.25, -0.2) is 0 Å². The largest absolute Gasteiger partial charge is 0.462 e. The molecule has 15 heavy (non-hydrogen) atoms. The molecule has 0 unspecified atom stereocenters. The fraction of sp³-hybridized carbons (Fsp3) is 0.923. The van der Waals surface area contributed by atoms with Crippen molar-refractivity contribution < 1.29 is 9.53 Å². The maximum atomic E-state index is 11.8. The normalized spacial score (nSPS) is 11.9. The van der Waals surface area contributed by atoms with Crippen LogP contribution in [0.1, 0.15) is 66.7 Å². The number of hydrogen-bond donors (Lipinski definition) is 0. The lowest BCUT2D eigenvalue weighted by Gasteiger charge is -2.25. The molecule has 0 saturated heterocycles. The van der Waals surface area contributed by atoms with E-state index >= 15 is 0 Å². The first-order valence-corrected chi connectivity index (χ1v) is 6.19. The van der Waals surface area contributed by atoms with Crippen molar-refractivity contribution in [2.24, 2.45) is 5.41 Å². The van der Waals surface area contributed by atoms with E-state index in [4.69, 9.17) is 4.74 Å². The molecule has 0 fully saturated rings. The Morgan fingerprint density at radius 3 is 1.93 bits per heavy atom. The maximum Gasteiger partial charge on any atom is 0.311 e. The van der Waals surface area contributed by atoms with Crippen LogP contribution in [0.2, 0.25) is 0 Å². The van der Waals surface area contributed by atoms with E-state index in [9.17, 15) is 4.79 Å². The Labute approximate surface area is 94.4 Å². The highest BCUT2D eigenvalue weighted by molar-refractivity contribution is 5.75. The third-order valence-electron chi connectivity index (χ3n) is 2.93. The van der Waals surface area contributed by atoms with Crippen molar-refractivity contribution in [2.75, 3.05) is 0 Å². The summed E-state index contributed by atoms with van der Waals surface area (Å²) in [6.07, 6.45) is 5.07. The molecule has 0 radical (unpaired) electrons. The van der Waals surface area contributed by atoms with Crippen molar-refractivity contribution >= 4 is 5.97 Å². The molecule has 0 bridgehead atoms. The summed E-state index contributed by atoms with van der Waals surface area (Å²) >= 11 is 0. The Bertz CT molecular complexity index is 179. The van der Waals surface area contributed by atoms with E-state index in [0.717, 1.165) is 32.1 Å². The van der Waals surface area contributed by atoms with Gasteiger partial charge in [-0.15, -0.1) is 0 Å². The van der Waals surface area contributed by atoms with Crippen LogP contribution in [0.4, 0.5) is 0 Å². The summed E-state index contributed by atoms with van der Waals surface area (Å²) in [5.74, 6) is -0.0445. The van der Waals surface area contributed by atoms with Gasteiger partial charge in [0.1, 0.15) is 6.10 Å². The van der Waals surface area contributed by atoms with Crippen LogP contribution >= 0.6 is 0 Å². The maximum absolute atomic E-state index is 11.8. The van der Waals surface area contributed by atoms with Gasteiger partial charge in [0, 0.05) is 0 Å². The average molecular weight is 214 g/mol. The second kappa shape index (κ2) is 6.86.